The average molecular weight is 282 g/mol. The van der Waals surface area contributed by atoms with Crippen LogP contribution in [0, 0.1) is 0 Å². The van der Waals surface area contributed by atoms with Crippen LogP contribution in [0.25, 0.3) is 0 Å². The van der Waals surface area contributed by atoms with E-state index < -0.39 is 0 Å². The maximum absolute atomic E-state index is 5.58. The Labute approximate surface area is 126 Å². The number of rotatable bonds is 5. The van der Waals surface area contributed by atoms with Gasteiger partial charge in [0.15, 0.2) is 0 Å². The molecule has 3 heteroatoms. The molecule has 21 heavy (non-hydrogen) atoms. The normalized spacial score (nSPS) is 18.3. The van der Waals surface area contributed by atoms with E-state index in [1.807, 2.05) is 20.2 Å². The summed E-state index contributed by atoms with van der Waals surface area (Å²) in [5, 5.41) is 3.47. The Morgan fingerprint density at radius 3 is 3.00 bits per heavy atom. The fraction of sp³-hybridized carbons (Fsp3) is 0.389. The molecule has 110 valence electrons. The predicted octanol–water partition coefficient (Wildman–Crippen LogP) is 3.47. The second kappa shape index (κ2) is 6.27. The lowest BCUT2D eigenvalue weighted by atomic mass is 9.89. The molecule has 3 nitrogen and oxygen atoms in total. The highest BCUT2D eigenvalue weighted by atomic mass is 16.5. The van der Waals surface area contributed by atoms with Gasteiger partial charge in [0.1, 0.15) is 5.75 Å². The monoisotopic (exact) mass is 282 g/mol. The van der Waals surface area contributed by atoms with Crippen LogP contribution in [-0.4, -0.2) is 18.6 Å². The first-order valence-corrected chi connectivity index (χ1v) is 7.66. The standard InChI is InChI=1S/C18H22N2O/c1-3-21-15-10-14(11-20-12-15)18(19-2)17-9-8-13-6-4-5-7-16(13)17/h4-7,10-12,17-19H,3,8-9H2,1-2H3. The van der Waals surface area contributed by atoms with E-state index in [4.69, 9.17) is 4.74 Å². The summed E-state index contributed by atoms with van der Waals surface area (Å²) in [6, 6.07) is 11.2. The van der Waals surface area contributed by atoms with Crippen LogP contribution < -0.4 is 10.1 Å². The number of hydrogen-bond acceptors (Lipinski definition) is 3. The van der Waals surface area contributed by atoms with E-state index >= 15 is 0 Å². The summed E-state index contributed by atoms with van der Waals surface area (Å²) in [6.45, 7) is 2.66. The Kier molecular flexibility index (Phi) is 4.20. The minimum atomic E-state index is 0.279. The van der Waals surface area contributed by atoms with Gasteiger partial charge in [0, 0.05) is 18.2 Å². The molecule has 2 aromatic rings. The molecule has 1 aliphatic carbocycles. The number of hydrogen-bond donors (Lipinski definition) is 1. The molecule has 0 bridgehead atoms. The zero-order valence-electron chi connectivity index (χ0n) is 12.7. The minimum absolute atomic E-state index is 0.279. The summed E-state index contributed by atoms with van der Waals surface area (Å²) in [4.78, 5) is 4.33. The highest BCUT2D eigenvalue weighted by Gasteiger charge is 2.30. The van der Waals surface area contributed by atoms with Crippen LogP contribution in [0.5, 0.6) is 5.75 Å². The lowest BCUT2D eigenvalue weighted by Crippen LogP contribution is -2.23. The van der Waals surface area contributed by atoms with Crippen molar-refractivity contribution >= 4 is 0 Å². The summed E-state index contributed by atoms with van der Waals surface area (Å²) < 4.78 is 5.58. The quantitative estimate of drug-likeness (QED) is 0.911. The number of pyridine rings is 1. The Bertz CT molecular complexity index is 612. The van der Waals surface area contributed by atoms with Crippen LogP contribution in [-0.2, 0) is 6.42 Å². The van der Waals surface area contributed by atoms with E-state index in [9.17, 15) is 0 Å². The third kappa shape index (κ3) is 2.79. The molecule has 0 radical (unpaired) electrons. The van der Waals surface area contributed by atoms with Gasteiger partial charge >= 0.3 is 0 Å². The van der Waals surface area contributed by atoms with Crippen LogP contribution in [0.3, 0.4) is 0 Å². The molecule has 1 heterocycles. The molecule has 0 amide bonds. The van der Waals surface area contributed by atoms with E-state index in [0.717, 1.165) is 12.2 Å². The molecule has 3 rings (SSSR count). The van der Waals surface area contributed by atoms with Gasteiger partial charge < -0.3 is 10.1 Å². The summed E-state index contributed by atoms with van der Waals surface area (Å²) >= 11 is 0. The van der Waals surface area contributed by atoms with E-state index in [0.29, 0.717) is 12.5 Å². The Hall–Kier alpha value is -1.87. The molecular weight excluding hydrogens is 260 g/mol. The molecule has 2 atom stereocenters. The third-order valence-electron chi connectivity index (χ3n) is 4.30. The van der Waals surface area contributed by atoms with Crippen molar-refractivity contribution < 1.29 is 4.74 Å². The summed E-state index contributed by atoms with van der Waals surface area (Å²) in [5.41, 5.74) is 4.15. The first-order valence-electron chi connectivity index (χ1n) is 7.66. The molecule has 0 aliphatic heterocycles. The second-order valence-corrected chi connectivity index (χ2v) is 5.50. The number of aromatic nitrogens is 1. The third-order valence-corrected chi connectivity index (χ3v) is 4.30. The summed E-state index contributed by atoms with van der Waals surface area (Å²) in [5.74, 6) is 1.35. The first kappa shape index (κ1) is 14.1. The van der Waals surface area contributed by atoms with Crippen molar-refractivity contribution in [3.63, 3.8) is 0 Å². The number of fused-ring (bicyclic) bond motifs is 1. The SMILES string of the molecule is CCOc1cncc(C(NC)C2CCc3ccccc32)c1. The van der Waals surface area contributed by atoms with E-state index in [2.05, 4.69) is 40.6 Å². The van der Waals surface area contributed by atoms with Crippen molar-refractivity contribution in [2.45, 2.75) is 31.7 Å². The number of benzene rings is 1. The van der Waals surface area contributed by atoms with Gasteiger partial charge in [0.25, 0.3) is 0 Å². The molecule has 0 saturated carbocycles. The van der Waals surface area contributed by atoms with E-state index in [1.165, 1.54) is 23.1 Å². The molecule has 1 aromatic carbocycles. The Morgan fingerprint density at radius 2 is 2.19 bits per heavy atom. The minimum Gasteiger partial charge on any atom is -0.492 e. The van der Waals surface area contributed by atoms with Gasteiger partial charge in [-0.1, -0.05) is 24.3 Å². The van der Waals surface area contributed by atoms with Crippen LogP contribution in [0.4, 0.5) is 0 Å². The molecule has 0 spiro atoms. The number of ether oxygens (including phenoxy) is 1. The lowest BCUT2D eigenvalue weighted by molar-refractivity contribution is 0.337. The van der Waals surface area contributed by atoms with Crippen LogP contribution in [0.15, 0.2) is 42.7 Å². The molecule has 2 unspecified atom stereocenters. The topological polar surface area (TPSA) is 34.1 Å². The van der Waals surface area contributed by atoms with Crippen molar-refractivity contribution in [2.75, 3.05) is 13.7 Å². The fourth-order valence-corrected chi connectivity index (χ4v) is 3.39. The van der Waals surface area contributed by atoms with Gasteiger partial charge in [-0.25, -0.2) is 0 Å². The molecule has 1 aromatic heterocycles. The number of nitrogens with one attached hydrogen (secondary N) is 1. The molecule has 1 aliphatic rings. The van der Waals surface area contributed by atoms with Crippen LogP contribution >= 0.6 is 0 Å². The lowest BCUT2D eigenvalue weighted by Gasteiger charge is -2.24. The van der Waals surface area contributed by atoms with E-state index in [1.54, 1.807) is 6.20 Å². The van der Waals surface area contributed by atoms with Crippen molar-refractivity contribution in [1.82, 2.24) is 10.3 Å². The zero-order valence-corrected chi connectivity index (χ0v) is 12.7. The molecule has 0 fully saturated rings. The fourth-order valence-electron chi connectivity index (χ4n) is 3.39. The number of likely N-dealkylation sites (N-methyl/N-ethyl adjacent to an activating group) is 1. The van der Waals surface area contributed by atoms with Gasteiger partial charge in [-0.2, -0.15) is 0 Å². The van der Waals surface area contributed by atoms with Gasteiger partial charge in [-0.15, -0.1) is 0 Å². The van der Waals surface area contributed by atoms with Crippen LogP contribution in [0.2, 0.25) is 0 Å². The van der Waals surface area contributed by atoms with Gasteiger partial charge in [-0.3, -0.25) is 4.98 Å². The highest BCUT2D eigenvalue weighted by molar-refractivity contribution is 5.38. The summed E-state index contributed by atoms with van der Waals surface area (Å²) in [7, 11) is 2.03. The predicted molar refractivity (Wildman–Crippen MR) is 84.7 cm³/mol. The average Bonchev–Trinajstić information content (AvgIpc) is 2.93. The number of aryl methyl sites for hydroxylation is 1. The van der Waals surface area contributed by atoms with Gasteiger partial charge in [0.2, 0.25) is 0 Å². The zero-order chi connectivity index (χ0) is 14.7. The van der Waals surface area contributed by atoms with Gasteiger partial charge in [-0.05, 0) is 49.6 Å². The second-order valence-electron chi connectivity index (χ2n) is 5.50. The van der Waals surface area contributed by atoms with E-state index in [-0.39, 0.29) is 6.04 Å². The smallest absolute Gasteiger partial charge is 0.137 e. The van der Waals surface area contributed by atoms with Gasteiger partial charge in [0.05, 0.1) is 12.8 Å². The maximum atomic E-state index is 5.58. The molecule has 1 N–H and O–H groups in total. The van der Waals surface area contributed by atoms with Crippen molar-refractivity contribution in [2.24, 2.45) is 0 Å². The summed E-state index contributed by atoms with van der Waals surface area (Å²) in [6.07, 6.45) is 6.08. The maximum Gasteiger partial charge on any atom is 0.137 e. The largest absolute Gasteiger partial charge is 0.492 e. The number of nitrogens with zero attached hydrogens (tertiary/aromatic N) is 1. The van der Waals surface area contributed by atoms with Crippen molar-refractivity contribution in [1.29, 1.82) is 0 Å². The molecular formula is C18H22N2O. The highest BCUT2D eigenvalue weighted by Crippen LogP contribution is 2.41. The van der Waals surface area contributed by atoms with Crippen molar-refractivity contribution in [3.8, 4) is 5.75 Å². The molecule has 0 saturated heterocycles. The Balaban J connectivity index is 1.91. The Morgan fingerprint density at radius 1 is 1.33 bits per heavy atom. The first-order chi connectivity index (χ1) is 10.3. The van der Waals surface area contributed by atoms with Crippen LogP contribution in [0.1, 0.15) is 42.0 Å². The van der Waals surface area contributed by atoms with Crippen molar-refractivity contribution in [3.05, 3.63) is 59.4 Å².